The van der Waals surface area contributed by atoms with Crippen LogP contribution in [0.2, 0.25) is 0 Å². The molecule has 0 bridgehead atoms. The maximum Gasteiger partial charge on any atom is 0.329 e. The predicted molar refractivity (Wildman–Crippen MR) is 82.9 cm³/mol. The van der Waals surface area contributed by atoms with Gasteiger partial charge in [0.05, 0.1) is 13.5 Å². The Morgan fingerprint density at radius 1 is 1.14 bits per heavy atom. The van der Waals surface area contributed by atoms with E-state index in [1.165, 1.54) is 0 Å². The van der Waals surface area contributed by atoms with E-state index in [0.717, 1.165) is 37.0 Å². The van der Waals surface area contributed by atoms with E-state index in [0.29, 0.717) is 12.8 Å². The topological polar surface area (TPSA) is 75.6 Å². The van der Waals surface area contributed by atoms with Crippen molar-refractivity contribution in [2.24, 2.45) is 0 Å². The third kappa shape index (κ3) is 4.00. The summed E-state index contributed by atoms with van der Waals surface area (Å²) in [7, 11) is 1.59. The number of carboxylic acids is 1. The zero-order valence-corrected chi connectivity index (χ0v) is 12.9. The fraction of sp³-hybridized carbons (Fsp3) is 0.529. The van der Waals surface area contributed by atoms with Crippen molar-refractivity contribution in [1.29, 1.82) is 0 Å². The van der Waals surface area contributed by atoms with Crippen molar-refractivity contribution in [1.82, 2.24) is 5.32 Å². The molecule has 1 aliphatic carbocycles. The molecular formula is C17H23NO4. The summed E-state index contributed by atoms with van der Waals surface area (Å²) >= 11 is 0. The Hall–Kier alpha value is -2.04. The van der Waals surface area contributed by atoms with Crippen molar-refractivity contribution in [3.63, 3.8) is 0 Å². The molecule has 5 heteroatoms. The lowest BCUT2D eigenvalue weighted by molar-refractivity contribution is -0.148. The number of carboxylic acid groups (broad SMARTS) is 1. The molecule has 1 aliphatic rings. The Morgan fingerprint density at radius 2 is 1.73 bits per heavy atom. The number of carbonyl (C=O) groups is 2. The molecular weight excluding hydrogens is 282 g/mol. The molecule has 2 rings (SSSR count). The molecule has 2 N–H and O–H groups in total. The second kappa shape index (κ2) is 7.29. The number of hydrogen-bond donors (Lipinski definition) is 2. The molecule has 0 heterocycles. The Labute approximate surface area is 130 Å². The highest BCUT2D eigenvalue weighted by Gasteiger charge is 2.39. The van der Waals surface area contributed by atoms with E-state index in [9.17, 15) is 14.7 Å². The predicted octanol–water partition coefficient (Wildman–Crippen LogP) is 2.53. The van der Waals surface area contributed by atoms with Crippen molar-refractivity contribution in [2.75, 3.05) is 7.11 Å². The Morgan fingerprint density at radius 3 is 2.23 bits per heavy atom. The van der Waals surface area contributed by atoms with Crippen LogP contribution in [0.5, 0.6) is 5.75 Å². The maximum atomic E-state index is 12.3. The first kappa shape index (κ1) is 16.3. The third-order valence-electron chi connectivity index (χ3n) is 4.27. The van der Waals surface area contributed by atoms with Crippen LogP contribution in [0.4, 0.5) is 0 Å². The largest absolute Gasteiger partial charge is 0.497 e. The van der Waals surface area contributed by atoms with Crippen molar-refractivity contribution in [3.05, 3.63) is 29.8 Å². The summed E-state index contributed by atoms with van der Waals surface area (Å²) in [4.78, 5) is 23.9. The summed E-state index contributed by atoms with van der Waals surface area (Å²) in [5.41, 5.74) is -0.257. The average Bonchev–Trinajstić information content (AvgIpc) is 2.74. The van der Waals surface area contributed by atoms with Gasteiger partial charge >= 0.3 is 5.97 Å². The number of ether oxygens (including phenoxy) is 1. The van der Waals surface area contributed by atoms with Gasteiger partial charge in [0, 0.05) is 0 Å². The number of carbonyl (C=O) groups excluding carboxylic acids is 1. The van der Waals surface area contributed by atoms with Crippen LogP contribution in [0.25, 0.3) is 0 Å². The highest BCUT2D eigenvalue weighted by Crippen LogP contribution is 2.27. The zero-order chi connectivity index (χ0) is 16.0. The number of amides is 1. The minimum Gasteiger partial charge on any atom is -0.497 e. The fourth-order valence-corrected chi connectivity index (χ4v) is 2.96. The lowest BCUT2D eigenvalue weighted by Gasteiger charge is -2.29. The second-order valence-electron chi connectivity index (χ2n) is 5.87. The molecule has 0 aliphatic heterocycles. The number of rotatable bonds is 5. The second-order valence-corrected chi connectivity index (χ2v) is 5.87. The SMILES string of the molecule is COc1ccc(CC(=O)NC2(C(=O)O)CCCCCC2)cc1. The normalized spacial score (nSPS) is 17.3. The molecule has 1 aromatic rings. The van der Waals surface area contributed by atoms with Crippen LogP contribution < -0.4 is 10.1 Å². The van der Waals surface area contributed by atoms with Crippen molar-refractivity contribution < 1.29 is 19.4 Å². The van der Waals surface area contributed by atoms with Crippen LogP contribution >= 0.6 is 0 Å². The quantitative estimate of drug-likeness (QED) is 0.820. The van der Waals surface area contributed by atoms with Gasteiger partial charge in [0.1, 0.15) is 11.3 Å². The van der Waals surface area contributed by atoms with Crippen LogP contribution in [-0.2, 0) is 16.0 Å². The van der Waals surface area contributed by atoms with Gasteiger partial charge in [-0.3, -0.25) is 4.79 Å². The average molecular weight is 305 g/mol. The van der Waals surface area contributed by atoms with E-state index in [4.69, 9.17) is 4.74 Å². The lowest BCUT2D eigenvalue weighted by Crippen LogP contribution is -2.54. The molecule has 5 nitrogen and oxygen atoms in total. The van der Waals surface area contributed by atoms with E-state index in [2.05, 4.69) is 5.32 Å². The van der Waals surface area contributed by atoms with E-state index in [1.807, 2.05) is 12.1 Å². The summed E-state index contributed by atoms with van der Waals surface area (Å²) in [6.45, 7) is 0. The standard InChI is InChI=1S/C17H23NO4/c1-22-14-8-6-13(7-9-14)12-15(19)18-17(16(20)21)10-4-2-3-5-11-17/h6-9H,2-5,10-12H2,1H3,(H,18,19)(H,20,21). The van der Waals surface area contributed by atoms with Gasteiger partial charge in [-0.25, -0.2) is 4.79 Å². The van der Waals surface area contributed by atoms with Gasteiger partial charge in [0.15, 0.2) is 0 Å². The first-order valence-electron chi connectivity index (χ1n) is 7.73. The van der Waals surface area contributed by atoms with Gasteiger partial charge in [-0.15, -0.1) is 0 Å². The zero-order valence-electron chi connectivity index (χ0n) is 12.9. The number of benzene rings is 1. The van der Waals surface area contributed by atoms with Gasteiger partial charge in [-0.1, -0.05) is 37.8 Å². The Bertz CT molecular complexity index is 516. The third-order valence-corrected chi connectivity index (χ3v) is 4.27. The first-order valence-corrected chi connectivity index (χ1v) is 7.73. The fourth-order valence-electron chi connectivity index (χ4n) is 2.96. The number of hydrogen-bond acceptors (Lipinski definition) is 3. The molecule has 120 valence electrons. The van der Waals surface area contributed by atoms with Gasteiger partial charge in [-0.05, 0) is 30.5 Å². The summed E-state index contributed by atoms with van der Waals surface area (Å²) in [5.74, 6) is -0.429. The molecule has 1 amide bonds. The highest BCUT2D eigenvalue weighted by molar-refractivity contribution is 5.88. The van der Waals surface area contributed by atoms with Crippen LogP contribution in [0.15, 0.2) is 24.3 Å². The number of nitrogens with one attached hydrogen (secondary N) is 1. The molecule has 0 saturated heterocycles. The van der Waals surface area contributed by atoms with E-state index < -0.39 is 11.5 Å². The van der Waals surface area contributed by atoms with Crippen LogP contribution in [0.1, 0.15) is 44.1 Å². The molecule has 0 radical (unpaired) electrons. The Kier molecular flexibility index (Phi) is 5.41. The molecule has 0 atom stereocenters. The molecule has 1 fully saturated rings. The number of methoxy groups -OCH3 is 1. The van der Waals surface area contributed by atoms with Gasteiger partial charge in [-0.2, -0.15) is 0 Å². The smallest absolute Gasteiger partial charge is 0.329 e. The van der Waals surface area contributed by atoms with Crippen LogP contribution in [-0.4, -0.2) is 29.6 Å². The van der Waals surface area contributed by atoms with E-state index in [1.54, 1.807) is 19.2 Å². The molecule has 1 aromatic carbocycles. The summed E-state index contributed by atoms with van der Waals surface area (Å²) in [6, 6.07) is 7.22. The van der Waals surface area contributed by atoms with E-state index >= 15 is 0 Å². The minimum absolute atomic E-state index is 0.180. The van der Waals surface area contributed by atoms with Crippen LogP contribution in [0, 0.1) is 0 Å². The van der Waals surface area contributed by atoms with Crippen LogP contribution in [0.3, 0.4) is 0 Å². The maximum absolute atomic E-state index is 12.3. The molecule has 0 aromatic heterocycles. The van der Waals surface area contributed by atoms with Crippen molar-refractivity contribution in [3.8, 4) is 5.75 Å². The molecule has 22 heavy (non-hydrogen) atoms. The van der Waals surface area contributed by atoms with Gasteiger partial charge < -0.3 is 15.2 Å². The van der Waals surface area contributed by atoms with Crippen molar-refractivity contribution >= 4 is 11.9 Å². The molecule has 0 unspecified atom stereocenters. The summed E-state index contributed by atoms with van der Waals surface area (Å²) < 4.78 is 5.08. The highest BCUT2D eigenvalue weighted by atomic mass is 16.5. The molecule has 0 spiro atoms. The molecule has 1 saturated carbocycles. The Balaban J connectivity index is 2.02. The van der Waals surface area contributed by atoms with E-state index in [-0.39, 0.29) is 12.3 Å². The van der Waals surface area contributed by atoms with Gasteiger partial charge in [0.25, 0.3) is 0 Å². The van der Waals surface area contributed by atoms with Gasteiger partial charge in [0.2, 0.25) is 5.91 Å². The first-order chi connectivity index (χ1) is 10.6. The number of aliphatic carboxylic acids is 1. The van der Waals surface area contributed by atoms with Crippen molar-refractivity contribution in [2.45, 2.75) is 50.5 Å². The monoisotopic (exact) mass is 305 g/mol. The minimum atomic E-state index is -1.10. The summed E-state index contributed by atoms with van der Waals surface area (Å²) in [6.07, 6.45) is 4.95. The summed E-state index contributed by atoms with van der Waals surface area (Å²) in [5, 5.41) is 12.3. The lowest BCUT2D eigenvalue weighted by atomic mass is 9.90.